The highest BCUT2D eigenvalue weighted by Gasteiger charge is 2.17. The number of benzene rings is 1. The lowest BCUT2D eigenvalue weighted by atomic mass is 10.0. The Morgan fingerprint density at radius 3 is 2.40 bits per heavy atom. The van der Waals surface area contributed by atoms with Gasteiger partial charge in [-0.15, -0.1) is 0 Å². The Bertz CT molecular complexity index is 446. The Balaban J connectivity index is 2.38. The number of nitrogens with two attached hydrogens (primary N) is 1. The maximum absolute atomic E-state index is 11.8. The standard InChI is InChI=1S/C15H23N3O2/c1-11(15(20)18(2)3)17-14(19)10-9-13(16)12-7-5-4-6-8-12/h4-8,11,13H,9-10,16H2,1-3H3,(H,17,19). The maximum Gasteiger partial charge on any atom is 0.244 e. The number of rotatable bonds is 6. The summed E-state index contributed by atoms with van der Waals surface area (Å²) in [6.45, 7) is 1.68. The van der Waals surface area contributed by atoms with Crippen molar-refractivity contribution in [3.8, 4) is 0 Å². The maximum atomic E-state index is 11.8. The van der Waals surface area contributed by atoms with Gasteiger partial charge in [0.1, 0.15) is 6.04 Å². The molecule has 0 radical (unpaired) electrons. The van der Waals surface area contributed by atoms with E-state index in [2.05, 4.69) is 5.32 Å². The van der Waals surface area contributed by atoms with Crippen LogP contribution in [0.1, 0.15) is 31.4 Å². The molecule has 5 heteroatoms. The lowest BCUT2D eigenvalue weighted by Gasteiger charge is -2.18. The average molecular weight is 277 g/mol. The molecule has 0 spiro atoms. The van der Waals surface area contributed by atoms with E-state index in [1.807, 2.05) is 30.3 Å². The van der Waals surface area contributed by atoms with Crippen LogP contribution in [0.2, 0.25) is 0 Å². The molecular formula is C15H23N3O2. The SMILES string of the molecule is CC(NC(=O)CCC(N)c1ccccc1)C(=O)N(C)C. The van der Waals surface area contributed by atoms with Crippen molar-refractivity contribution in [1.29, 1.82) is 0 Å². The lowest BCUT2D eigenvalue weighted by Crippen LogP contribution is -2.44. The predicted molar refractivity (Wildman–Crippen MR) is 78.9 cm³/mol. The zero-order chi connectivity index (χ0) is 15.1. The zero-order valence-electron chi connectivity index (χ0n) is 12.3. The summed E-state index contributed by atoms with van der Waals surface area (Å²) < 4.78 is 0. The lowest BCUT2D eigenvalue weighted by molar-refractivity contribution is -0.133. The number of hydrogen-bond acceptors (Lipinski definition) is 3. The van der Waals surface area contributed by atoms with Gasteiger partial charge in [0.15, 0.2) is 0 Å². The summed E-state index contributed by atoms with van der Waals surface area (Å²) in [6.07, 6.45) is 0.861. The molecule has 20 heavy (non-hydrogen) atoms. The topological polar surface area (TPSA) is 75.4 Å². The number of carbonyl (C=O) groups is 2. The second kappa shape index (κ2) is 7.65. The molecule has 3 N–H and O–H groups in total. The van der Waals surface area contributed by atoms with Gasteiger partial charge in [0, 0.05) is 26.6 Å². The minimum atomic E-state index is -0.509. The van der Waals surface area contributed by atoms with E-state index in [-0.39, 0.29) is 17.9 Å². The van der Waals surface area contributed by atoms with Gasteiger partial charge in [0.2, 0.25) is 11.8 Å². The molecule has 0 heterocycles. The second-order valence-corrected chi connectivity index (χ2v) is 5.08. The summed E-state index contributed by atoms with van der Waals surface area (Å²) in [4.78, 5) is 24.9. The van der Waals surface area contributed by atoms with Gasteiger partial charge in [0.25, 0.3) is 0 Å². The molecule has 2 unspecified atom stereocenters. The van der Waals surface area contributed by atoms with Crippen LogP contribution in [0, 0.1) is 0 Å². The van der Waals surface area contributed by atoms with E-state index in [0.717, 1.165) is 5.56 Å². The summed E-state index contributed by atoms with van der Waals surface area (Å²) >= 11 is 0. The summed E-state index contributed by atoms with van der Waals surface area (Å²) in [5, 5.41) is 2.68. The van der Waals surface area contributed by atoms with Gasteiger partial charge in [-0.1, -0.05) is 30.3 Å². The number of hydrogen-bond donors (Lipinski definition) is 2. The predicted octanol–water partition coefficient (Wildman–Crippen LogP) is 1.06. The Kier molecular flexibility index (Phi) is 6.18. The Labute approximate surface area is 120 Å². The summed E-state index contributed by atoms with van der Waals surface area (Å²) in [5.74, 6) is -0.273. The molecule has 2 atom stereocenters. The number of nitrogens with one attached hydrogen (secondary N) is 1. The van der Waals surface area contributed by atoms with Crippen LogP contribution in [0.3, 0.4) is 0 Å². The van der Waals surface area contributed by atoms with Gasteiger partial charge in [-0.05, 0) is 18.9 Å². The first-order valence-electron chi connectivity index (χ1n) is 6.73. The second-order valence-electron chi connectivity index (χ2n) is 5.08. The van der Waals surface area contributed by atoms with E-state index in [4.69, 9.17) is 5.73 Å². The monoisotopic (exact) mass is 277 g/mol. The van der Waals surface area contributed by atoms with Gasteiger partial charge in [0.05, 0.1) is 0 Å². The average Bonchev–Trinajstić information content (AvgIpc) is 2.44. The number of carbonyl (C=O) groups excluding carboxylic acids is 2. The van der Waals surface area contributed by atoms with E-state index >= 15 is 0 Å². The van der Waals surface area contributed by atoms with E-state index in [9.17, 15) is 9.59 Å². The van der Waals surface area contributed by atoms with Gasteiger partial charge >= 0.3 is 0 Å². The molecule has 1 aromatic carbocycles. The van der Waals surface area contributed by atoms with Crippen molar-refractivity contribution in [3.05, 3.63) is 35.9 Å². The molecule has 1 rings (SSSR count). The molecule has 0 fully saturated rings. The van der Waals surface area contributed by atoms with Crippen molar-refractivity contribution in [3.63, 3.8) is 0 Å². The summed E-state index contributed by atoms with van der Waals surface area (Å²) in [7, 11) is 3.33. The first kappa shape index (κ1) is 16.2. The third-order valence-electron chi connectivity index (χ3n) is 3.10. The molecule has 110 valence electrons. The minimum Gasteiger partial charge on any atom is -0.347 e. The highest BCUT2D eigenvalue weighted by Crippen LogP contribution is 2.14. The third-order valence-corrected chi connectivity index (χ3v) is 3.10. The molecule has 0 saturated heterocycles. The molecule has 5 nitrogen and oxygen atoms in total. The zero-order valence-corrected chi connectivity index (χ0v) is 12.3. The fraction of sp³-hybridized carbons (Fsp3) is 0.467. The van der Waals surface area contributed by atoms with E-state index in [1.165, 1.54) is 4.90 Å². The van der Waals surface area contributed by atoms with Crippen molar-refractivity contribution in [2.75, 3.05) is 14.1 Å². The Morgan fingerprint density at radius 1 is 1.25 bits per heavy atom. The highest BCUT2D eigenvalue weighted by atomic mass is 16.2. The van der Waals surface area contributed by atoms with Crippen LogP contribution in [0.15, 0.2) is 30.3 Å². The summed E-state index contributed by atoms with van der Waals surface area (Å²) in [6, 6.07) is 8.99. The van der Waals surface area contributed by atoms with Crippen molar-refractivity contribution in [1.82, 2.24) is 10.2 Å². The largest absolute Gasteiger partial charge is 0.347 e. The smallest absolute Gasteiger partial charge is 0.244 e. The van der Waals surface area contributed by atoms with Crippen molar-refractivity contribution < 1.29 is 9.59 Å². The quantitative estimate of drug-likeness (QED) is 0.816. The molecule has 1 aromatic rings. The van der Waals surface area contributed by atoms with Crippen molar-refractivity contribution in [2.45, 2.75) is 31.8 Å². The first-order valence-corrected chi connectivity index (χ1v) is 6.73. The highest BCUT2D eigenvalue weighted by molar-refractivity contribution is 5.87. The van der Waals surface area contributed by atoms with Crippen LogP contribution in [0.5, 0.6) is 0 Å². The molecule has 0 aliphatic carbocycles. The van der Waals surface area contributed by atoms with Crippen LogP contribution in [0.4, 0.5) is 0 Å². The molecule has 0 aliphatic heterocycles. The van der Waals surface area contributed by atoms with Crippen LogP contribution in [0.25, 0.3) is 0 Å². The van der Waals surface area contributed by atoms with Crippen molar-refractivity contribution >= 4 is 11.8 Å². The Hall–Kier alpha value is -1.88. The normalized spacial score (nSPS) is 13.4. The summed E-state index contributed by atoms with van der Waals surface area (Å²) in [5.41, 5.74) is 7.04. The number of nitrogens with zero attached hydrogens (tertiary/aromatic N) is 1. The van der Waals surface area contributed by atoms with Crippen LogP contribution < -0.4 is 11.1 Å². The van der Waals surface area contributed by atoms with Crippen LogP contribution in [-0.4, -0.2) is 36.9 Å². The molecule has 0 aromatic heterocycles. The third kappa shape index (κ3) is 5.01. The fourth-order valence-electron chi connectivity index (χ4n) is 1.92. The van der Waals surface area contributed by atoms with Crippen molar-refractivity contribution in [2.24, 2.45) is 5.73 Å². The fourth-order valence-corrected chi connectivity index (χ4v) is 1.92. The van der Waals surface area contributed by atoms with E-state index in [1.54, 1.807) is 21.0 Å². The molecular weight excluding hydrogens is 254 g/mol. The number of amides is 2. The van der Waals surface area contributed by atoms with E-state index in [0.29, 0.717) is 12.8 Å². The molecule has 0 aliphatic rings. The molecule has 0 saturated carbocycles. The van der Waals surface area contributed by atoms with Gasteiger partial charge in [-0.3, -0.25) is 9.59 Å². The number of likely N-dealkylation sites (N-methyl/N-ethyl adjacent to an activating group) is 1. The van der Waals surface area contributed by atoms with Crippen LogP contribution in [-0.2, 0) is 9.59 Å². The van der Waals surface area contributed by atoms with Gasteiger partial charge < -0.3 is 16.0 Å². The Morgan fingerprint density at radius 2 is 1.85 bits per heavy atom. The minimum absolute atomic E-state index is 0.120. The molecule has 0 bridgehead atoms. The van der Waals surface area contributed by atoms with Gasteiger partial charge in [-0.25, -0.2) is 0 Å². The van der Waals surface area contributed by atoms with E-state index < -0.39 is 6.04 Å². The van der Waals surface area contributed by atoms with Gasteiger partial charge in [-0.2, -0.15) is 0 Å². The first-order chi connectivity index (χ1) is 9.41. The molecule has 2 amide bonds. The van der Waals surface area contributed by atoms with Crippen LogP contribution >= 0.6 is 0 Å².